The van der Waals surface area contributed by atoms with E-state index in [1.807, 2.05) is 18.2 Å². The van der Waals surface area contributed by atoms with Gasteiger partial charge in [0.05, 0.1) is 0 Å². The van der Waals surface area contributed by atoms with E-state index in [9.17, 15) is 14.7 Å². The lowest BCUT2D eigenvalue weighted by atomic mass is 9.94. The first-order chi connectivity index (χ1) is 9.68. The summed E-state index contributed by atoms with van der Waals surface area (Å²) in [5.41, 5.74) is 2.90. The van der Waals surface area contributed by atoms with Gasteiger partial charge in [-0.05, 0) is 43.0 Å². The van der Waals surface area contributed by atoms with Crippen molar-refractivity contribution in [3.8, 4) is 0 Å². The lowest BCUT2D eigenvalue weighted by Crippen LogP contribution is -2.41. The van der Waals surface area contributed by atoms with Crippen molar-refractivity contribution in [1.29, 1.82) is 0 Å². The molecule has 0 aromatic heterocycles. The SMILES string of the molecule is O=C(O)[C@@H]1CCCN1C(=O)c1cccc2c1CCNC2. The minimum absolute atomic E-state index is 0.131. The van der Waals surface area contributed by atoms with Crippen molar-refractivity contribution < 1.29 is 14.7 Å². The fourth-order valence-electron chi connectivity index (χ4n) is 3.15. The van der Waals surface area contributed by atoms with Crippen LogP contribution in [0.2, 0.25) is 0 Å². The first-order valence-corrected chi connectivity index (χ1v) is 7.04. The van der Waals surface area contributed by atoms with Gasteiger partial charge in [-0.3, -0.25) is 4.79 Å². The van der Waals surface area contributed by atoms with Crippen LogP contribution in [0.15, 0.2) is 18.2 Å². The number of hydrogen-bond acceptors (Lipinski definition) is 3. The van der Waals surface area contributed by atoms with Gasteiger partial charge in [-0.1, -0.05) is 12.1 Å². The zero-order valence-corrected chi connectivity index (χ0v) is 11.3. The predicted molar refractivity (Wildman–Crippen MR) is 73.5 cm³/mol. The summed E-state index contributed by atoms with van der Waals surface area (Å²) in [5, 5.41) is 12.5. The van der Waals surface area contributed by atoms with Crippen LogP contribution in [0.5, 0.6) is 0 Å². The quantitative estimate of drug-likeness (QED) is 0.845. The van der Waals surface area contributed by atoms with E-state index in [0.717, 1.165) is 37.1 Å². The molecule has 1 aromatic carbocycles. The van der Waals surface area contributed by atoms with Gasteiger partial charge >= 0.3 is 5.97 Å². The van der Waals surface area contributed by atoms with E-state index >= 15 is 0 Å². The van der Waals surface area contributed by atoms with Gasteiger partial charge in [-0.25, -0.2) is 4.79 Å². The van der Waals surface area contributed by atoms with Gasteiger partial charge < -0.3 is 15.3 Å². The largest absolute Gasteiger partial charge is 0.480 e. The van der Waals surface area contributed by atoms with Gasteiger partial charge in [0.1, 0.15) is 6.04 Å². The predicted octanol–water partition coefficient (Wildman–Crippen LogP) is 1.02. The van der Waals surface area contributed by atoms with Crippen LogP contribution in [0.4, 0.5) is 0 Å². The highest BCUT2D eigenvalue weighted by Crippen LogP contribution is 2.24. The fraction of sp³-hybridized carbons (Fsp3) is 0.467. The summed E-state index contributed by atoms with van der Waals surface area (Å²) >= 11 is 0. The number of carboxylic acid groups (broad SMARTS) is 1. The third-order valence-corrected chi connectivity index (χ3v) is 4.17. The molecule has 3 rings (SSSR count). The zero-order chi connectivity index (χ0) is 14.1. The van der Waals surface area contributed by atoms with E-state index in [4.69, 9.17) is 0 Å². The van der Waals surface area contributed by atoms with Crippen LogP contribution >= 0.6 is 0 Å². The molecule has 0 unspecified atom stereocenters. The Morgan fingerprint density at radius 3 is 3.00 bits per heavy atom. The molecule has 1 atom stereocenters. The van der Waals surface area contributed by atoms with Gasteiger partial charge in [0, 0.05) is 18.7 Å². The normalized spacial score (nSPS) is 21.6. The number of amides is 1. The molecule has 106 valence electrons. The maximum atomic E-state index is 12.7. The number of carbonyl (C=O) groups excluding carboxylic acids is 1. The second kappa shape index (κ2) is 5.25. The van der Waals surface area contributed by atoms with Gasteiger partial charge in [0.25, 0.3) is 5.91 Å². The monoisotopic (exact) mass is 274 g/mol. The zero-order valence-electron chi connectivity index (χ0n) is 11.3. The average Bonchev–Trinajstić information content (AvgIpc) is 2.95. The Hall–Kier alpha value is -1.88. The van der Waals surface area contributed by atoms with Crippen LogP contribution in [0.3, 0.4) is 0 Å². The van der Waals surface area contributed by atoms with Crippen molar-refractivity contribution in [2.45, 2.75) is 31.8 Å². The summed E-state index contributed by atoms with van der Waals surface area (Å²) in [4.78, 5) is 25.4. The molecule has 0 saturated carbocycles. The van der Waals surface area contributed by atoms with Crippen molar-refractivity contribution in [1.82, 2.24) is 10.2 Å². The molecule has 1 saturated heterocycles. The summed E-state index contributed by atoms with van der Waals surface area (Å²) in [5.74, 6) is -1.03. The first-order valence-electron chi connectivity index (χ1n) is 7.04. The molecule has 2 heterocycles. The molecule has 2 aliphatic rings. The number of rotatable bonds is 2. The van der Waals surface area contributed by atoms with E-state index in [2.05, 4.69) is 5.32 Å². The number of nitrogens with one attached hydrogen (secondary N) is 1. The Morgan fingerprint density at radius 2 is 2.20 bits per heavy atom. The third kappa shape index (κ3) is 2.18. The van der Waals surface area contributed by atoms with Crippen LogP contribution in [-0.4, -0.2) is 41.0 Å². The Labute approximate surface area is 117 Å². The van der Waals surface area contributed by atoms with Crippen molar-refractivity contribution in [3.63, 3.8) is 0 Å². The standard InChI is InChI=1S/C15H18N2O3/c18-14(17-8-2-5-13(17)15(19)20)12-4-1-3-10-9-16-7-6-11(10)12/h1,3-4,13,16H,2,5-9H2,(H,19,20)/t13-/m0/s1. The Balaban J connectivity index is 1.93. The van der Waals surface area contributed by atoms with Gasteiger partial charge in [-0.15, -0.1) is 0 Å². The third-order valence-electron chi connectivity index (χ3n) is 4.17. The molecular formula is C15H18N2O3. The summed E-state index contributed by atoms with van der Waals surface area (Å²) in [6.07, 6.45) is 2.14. The van der Waals surface area contributed by atoms with Crippen LogP contribution in [-0.2, 0) is 17.8 Å². The van der Waals surface area contributed by atoms with Crippen molar-refractivity contribution in [2.75, 3.05) is 13.1 Å². The molecule has 1 fully saturated rings. The van der Waals surface area contributed by atoms with E-state index in [-0.39, 0.29) is 5.91 Å². The number of benzene rings is 1. The van der Waals surface area contributed by atoms with Crippen LogP contribution in [0.25, 0.3) is 0 Å². The molecule has 0 spiro atoms. The van der Waals surface area contributed by atoms with Crippen LogP contribution in [0.1, 0.15) is 34.3 Å². The van der Waals surface area contributed by atoms with Crippen molar-refractivity contribution >= 4 is 11.9 Å². The molecule has 1 amide bonds. The van der Waals surface area contributed by atoms with Gasteiger partial charge in [0.15, 0.2) is 0 Å². The number of carboxylic acids is 1. The highest BCUT2D eigenvalue weighted by atomic mass is 16.4. The summed E-state index contributed by atoms with van der Waals surface area (Å²) in [6, 6.07) is 5.06. The van der Waals surface area contributed by atoms with Crippen LogP contribution in [0, 0.1) is 0 Å². The molecule has 5 nitrogen and oxygen atoms in total. The topological polar surface area (TPSA) is 69.6 Å². The van der Waals surface area contributed by atoms with E-state index in [0.29, 0.717) is 18.5 Å². The van der Waals surface area contributed by atoms with E-state index < -0.39 is 12.0 Å². The summed E-state index contributed by atoms with van der Waals surface area (Å²) < 4.78 is 0. The lowest BCUT2D eigenvalue weighted by Gasteiger charge is -2.25. The number of aliphatic carboxylic acids is 1. The molecule has 0 bridgehead atoms. The number of likely N-dealkylation sites (tertiary alicyclic amines) is 1. The number of hydrogen-bond donors (Lipinski definition) is 2. The van der Waals surface area contributed by atoms with Crippen molar-refractivity contribution in [3.05, 3.63) is 34.9 Å². The average molecular weight is 274 g/mol. The van der Waals surface area contributed by atoms with Crippen molar-refractivity contribution in [2.24, 2.45) is 0 Å². The molecule has 0 aliphatic carbocycles. The smallest absolute Gasteiger partial charge is 0.326 e. The summed E-state index contributed by atoms with van der Waals surface area (Å²) in [7, 11) is 0. The molecule has 20 heavy (non-hydrogen) atoms. The maximum absolute atomic E-state index is 12.7. The van der Waals surface area contributed by atoms with E-state index in [1.165, 1.54) is 4.90 Å². The Morgan fingerprint density at radius 1 is 1.35 bits per heavy atom. The minimum Gasteiger partial charge on any atom is -0.480 e. The molecule has 5 heteroatoms. The van der Waals surface area contributed by atoms with Crippen LogP contribution < -0.4 is 5.32 Å². The number of fused-ring (bicyclic) bond motifs is 1. The number of nitrogens with zero attached hydrogens (tertiary/aromatic N) is 1. The van der Waals surface area contributed by atoms with E-state index in [1.54, 1.807) is 0 Å². The fourth-order valence-corrected chi connectivity index (χ4v) is 3.15. The second-order valence-electron chi connectivity index (χ2n) is 5.36. The van der Waals surface area contributed by atoms with Gasteiger partial charge in [0.2, 0.25) is 0 Å². The number of carbonyl (C=O) groups is 2. The molecular weight excluding hydrogens is 256 g/mol. The Kier molecular flexibility index (Phi) is 3.44. The molecule has 2 aliphatic heterocycles. The maximum Gasteiger partial charge on any atom is 0.326 e. The van der Waals surface area contributed by atoms with Gasteiger partial charge in [-0.2, -0.15) is 0 Å². The Bertz CT molecular complexity index is 556. The minimum atomic E-state index is -0.901. The summed E-state index contributed by atoms with van der Waals surface area (Å²) in [6.45, 7) is 2.18. The molecule has 0 radical (unpaired) electrons. The second-order valence-corrected chi connectivity index (χ2v) is 5.36. The first kappa shape index (κ1) is 13.1. The molecule has 1 aromatic rings. The lowest BCUT2D eigenvalue weighted by molar-refractivity contribution is -0.141. The molecule has 2 N–H and O–H groups in total. The highest BCUT2D eigenvalue weighted by molar-refractivity contribution is 5.98. The highest BCUT2D eigenvalue weighted by Gasteiger charge is 2.35.